The summed E-state index contributed by atoms with van der Waals surface area (Å²) in [6.45, 7) is 7.37. The lowest BCUT2D eigenvalue weighted by Crippen LogP contribution is -2.48. The highest BCUT2D eigenvalue weighted by molar-refractivity contribution is 5.89. The minimum Gasteiger partial charge on any atom is -0.463 e. The normalized spacial score (nSPS) is 12.7. The smallest absolute Gasteiger partial charge is 0.332 e. The second-order valence-corrected chi connectivity index (χ2v) is 9.81. The molecule has 0 bridgehead atoms. The first-order chi connectivity index (χ1) is 20.9. The van der Waals surface area contributed by atoms with Crippen LogP contribution in [-0.2, 0) is 46.4 Å². The molecule has 43 heavy (non-hydrogen) atoms. The fourth-order valence-electron chi connectivity index (χ4n) is 4.14. The predicted molar refractivity (Wildman–Crippen MR) is 161 cm³/mol. The Kier molecular flexibility index (Phi) is 16.7. The van der Waals surface area contributed by atoms with Crippen LogP contribution in [0, 0.1) is 11.8 Å². The van der Waals surface area contributed by atoms with Crippen molar-refractivity contribution in [1.29, 1.82) is 0 Å². The Morgan fingerprint density at radius 3 is 2.07 bits per heavy atom. The number of nitrogens with one attached hydrogen (secondary N) is 2. The van der Waals surface area contributed by atoms with Crippen LogP contribution in [0.2, 0.25) is 0 Å². The molecule has 0 spiro atoms. The Balaban J connectivity index is 2.08. The predicted octanol–water partition coefficient (Wildman–Crippen LogP) is 2.90. The number of rotatable bonds is 21. The van der Waals surface area contributed by atoms with E-state index in [2.05, 4.69) is 23.8 Å². The summed E-state index contributed by atoms with van der Waals surface area (Å²) >= 11 is 0. The summed E-state index contributed by atoms with van der Waals surface area (Å²) in [5.74, 6) is -3.66. The molecule has 2 aromatic carbocycles. The van der Waals surface area contributed by atoms with Gasteiger partial charge in [-0.2, -0.15) is 0 Å². The van der Waals surface area contributed by atoms with Crippen LogP contribution in [0.1, 0.15) is 30.4 Å². The number of aliphatic hydroxyl groups excluding tert-OH is 1. The van der Waals surface area contributed by atoms with Gasteiger partial charge < -0.3 is 30.0 Å². The number of allylic oxidation sites excluding steroid dienone is 2. The van der Waals surface area contributed by atoms with Gasteiger partial charge >= 0.3 is 11.9 Å². The molecule has 2 rings (SSSR count). The minimum absolute atomic E-state index is 0.0378. The fourth-order valence-corrected chi connectivity index (χ4v) is 4.14. The van der Waals surface area contributed by atoms with Crippen LogP contribution in [-0.4, -0.2) is 67.9 Å². The zero-order valence-corrected chi connectivity index (χ0v) is 24.5. The molecule has 3 atom stereocenters. The monoisotopic (exact) mass is 594 g/mol. The first-order valence-corrected chi connectivity index (χ1v) is 14.3. The van der Waals surface area contributed by atoms with Crippen molar-refractivity contribution < 1.29 is 38.5 Å². The van der Waals surface area contributed by atoms with E-state index < -0.39 is 48.2 Å². The van der Waals surface area contributed by atoms with Crippen molar-refractivity contribution in [3.05, 3.63) is 97.1 Å². The van der Waals surface area contributed by atoms with Crippen molar-refractivity contribution in [3.8, 4) is 0 Å². The molecule has 2 amide bonds. The lowest BCUT2D eigenvalue weighted by atomic mass is 9.96. The number of aliphatic hydroxyl groups is 1. The van der Waals surface area contributed by atoms with Gasteiger partial charge in [-0.1, -0.05) is 72.8 Å². The van der Waals surface area contributed by atoms with E-state index in [4.69, 9.17) is 19.3 Å². The van der Waals surface area contributed by atoms with Crippen molar-refractivity contribution in [1.82, 2.24) is 10.6 Å². The van der Waals surface area contributed by atoms with Crippen molar-refractivity contribution in [2.75, 3.05) is 33.0 Å². The fraction of sp³-hybridized carbons (Fsp3) is 0.394. The Bertz CT molecular complexity index is 1160. The van der Waals surface area contributed by atoms with Gasteiger partial charge in [-0.25, -0.2) is 4.79 Å². The number of carbonyl (C=O) groups excluding carboxylic acids is 4. The molecule has 0 fully saturated rings. The van der Waals surface area contributed by atoms with Crippen LogP contribution in [0.3, 0.4) is 0 Å². The highest BCUT2D eigenvalue weighted by Gasteiger charge is 2.30. The van der Waals surface area contributed by atoms with Crippen LogP contribution in [0.4, 0.5) is 0 Å². The molecule has 2 aromatic rings. The number of benzene rings is 2. The standard InChI is InChI=1S/C33H42N2O8/c1-3-11-27(22-30(37)34-17-19-41-20-18-36)31(38)35-29(33(40)42-23-26-15-9-6-10-16-26)24-43-32(39)28(12-4-2)21-25-13-7-5-8-14-25/h3-10,13-16,27-29,36H,1-2,11-12,17-24H2,(H,34,37)(H,35,38)/t27-,28+,29+/m0/s1. The largest absolute Gasteiger partial charge is 0.463 e. The molecule has 3 N–H and O–H groups in total. The molecule has 0 saturated carbocycles. The van der Waals surface area contributed by atoms with Crippen LogP contribution < -0.4 is 10.6 Å². The van der Waals surface area contributed by atoms with Gasteiger partial charge in [0.1, 0.15) is 13.2 Å². The second-order valence-electron chi connectivity index (χ2n) is 9.81. The molecule has 232 valence electrons. The van der Waals surface area contributed by atoms with Crippen molar-refractivity contribution in [2.24, 2.45) is 11.8 Å². The summed E-state index contributed by atoms with van der Waals surface area (Å²) in [6, 6.07) is 17.2. The SMILES string of the molecule is C=CC[C@@H](CC(=O)NCCOCCO)C(=O)N[C@H](COC(=O)[C@H](CC=C)Cc1ccccc1)C(=O)OCc1ccccc1. The highest BCUT2D eigenvalue weighted by Crippen LogP contribution is 2.16. The maximum absolute atomic E-state index is 13.2. The first kappa shape index (κ1) is 34.9. The number of hydrogen-bond acceptors (Lipinski definition) is 8. The van der Waals surface area contributed by atoms with E-state index >= 15 is 0 Å². The molecule has 0 saturated heterocycles. The van der Waals surface area contributed by atoms with Crippen molar-refractivity contribution in [2.45, 2.75) is 38.3 Å². The van der Waals surface area contributed by atoms with Gasteiger partial charge in [-0.3, -0.25) is 14.4 Å². The summed E-state index contributed by atoms with van der Waals surface area (Å²) < 4.78 is 16.1. The molecule has 10 nitrogen and oxygen atoms in total. The third kappa shape index (κ3) is 14.0. The Hall–Kier alpha value is -4.28. The number of hydrogen-bond donors (Lipinski definition) is 3. The number of carbonyl (C=O) groups is 4. The number of ether oxygens (including phenoxy) is 3. The van der Waals surface area contributed by atoms with Gasteiger partial charge in [-0.15, -0.1) is 13.2 Å². The van der Waals surface area contributed by atoms with Crippen molar-refractivity contribution in [3.63, 3.8) is 0 Å². The molecule has 10 heteroatoms. The van der Waals surface area contributed by atoms with E-state index in [1.54, 1.807) is 30.3 Å². The van der Waals surface area contributed by atoms with Gasteiger partial charge in [0, 0.05) is 13.0 Å². The summed E-state index contributed by atoms with van der Waals surface area (Å²) in [4.78, 5) is 51.8. The van der Waals surface area contributed by atoms with Crippen LogP contribution in [0.15, 0.2) is 86.0 Å². The first-order valence-electron chi connectivity index (χ1n) is 14.3. The third-order valence-corrected chi connectivity index (χ3v) is 6.38. The lowest BCUT2D eigenvalue weighted by Gasteiger charge is -2.22. The topological polar surface area (TPSA) is 140 Å². The Morgan fingerprint density at radius 2 is 1.44 bits per heavy atom. The molecule has 0 aromatic heterocycles. The van der Waals surface area contributed by atoms with E-state index in [1.165, 1.54) is 6.08 Å². The highest BCUT2D eigenvalue weighted by atomic mass is 16.6. The third-order valence-electron chi connectivity index (χ3n) is 6.38. The van der Waals surface area contributed by atoms with Gasteiger partial charge in [0.15, 0.2) is 6.04 Å². The summed E-state index contributed by atoms with van der Waals surface area (Å²) in [7, 11) is 0. The zero-order valence-electron chi connectivity index (χ0n) is 24.5. The van der Waals surface area contributed by atoms with Crippen LogP contribution >= 0.6 is 0 Å². The van der Waals surface area contributed by atoms with Gasteiger partial charge in [0.2, 0.25) is 11.8 Å². The molecule has 0 radical (unpaired) electrons. The van der Waals surface area contributed by atoms with Gasteiger partial charge in [-0.05, 0) is 30.4 Å². The molecule has 0 aliphatic rings. The summed E-state index contributed by atoms with van der Waals surface area (Å²) in [5, 5.41) is 14.0. The second kappa shape index (κ2) is 20.6. The zero-order chi connectivity index (χ0) is 31.3. The van der Waals surface area contributed by atoms with E-state index in [0.717, 1.165) is 11.1 Å². The van der Waals surface area contributed by atoms with Gasteiger partial charge in [0.05, 0.1) is 31.7 Å². The molecule has 0 unspecified atom stereocenters. The Labute approximate surface area is 253 Å². The average molecular weight is 595 g/mol. The molecular weight excluding hydrogens is 552 g/mol. The number of esters is 2. The average Bonchev–Trinajstić information content (AvgIpc) is 3.02. The van der Waals surface area contributed by atoms with E-state index in [0.29, 0.717) is 12.8 Å². The minimum atomic E-state index is -1.30. The van der Waals surface area contributed by atoms with Crippen LogP contribution in [0.25, 0.3) is 0 Å². The number of amides is 2. The van der Waals surface area contributed by atoms with E-state index in [9.17, 15) is 19.2 Å². The summed E-state index contributed by atoms with van der Waals surface area (Å²) in [6.07, 6.45) is 3.93. The quantitative estimate of drug-likeness (QED) is 0.114. The molecule has 0 heterocycles. The Morgan fingerprint density at radius 1 is 0.814 bits per heavy atom. The maximum atomic E-state index is 13.2. The van der Waals surface area contributed by atoms with Crippen molar-refractivity contribution >= 4 is 23.8 Å². The van der Waals surface area contributed by atoms with E-state index in [1.807, 2.05) is 36.4 Å². The molecular formula is C33H42N2O8. The lowest BCUT2D eigenvalue weighted by molar-refractivity contribution is -0.157. The summed E-state index contributed by atoms with van der Waals surface area (Å²) in [5.41, 5.74) is 1.69. The van der Waals surface area contributed by atoms with Gasteiger partial charge in [0.25, 0.3) is 0 Å². The molecule has 0 aliphatic heterocycles. The maximum Gasteiger partial charge on any atom is 0.332 e. The van der Waals surface area contributed by atoms with Crippen LogP contribution in [0.5, 0.6) is 0 Å². The molecule has 0 aliphatic carbocycles. The van der Waals surface area contributed by atoms with E-state index in [-0.39, 0.29) is 45.8 Å².